The Balaban J connectivity index is 1.84. The molecule has 7 heteroatoms. The molecule has 2 heterocycles. The fourth-order valence-corrected chi connectivity index (χ4v) is 4.76. The van der Waals surface area contributed by atoms with Crippen LogP contribution in [0.1, 0.15) is 30.5 Å². The molecule has 2 N–H and O–H groups in total. The lowest BCUT2D eigenvalue weighted by Crippen LogP contribution is -2.55. The van der Waals surface area contributed by atoms with E-state index in [1.807, 2.05) is 19.1 Å². The van der Waals surface area contributed by atoms with E-state index in [2.05, 4.69) is 5.32 Å². The van der Waals surface area contributed by atoms with Crippen molar-refractivity contribution in [1.29, 1.82) is 0 Å². The smallest absolute Gasteiger partial charge is 0.326 e. The molecule has 0 aliphatic carbocycles. The average molecular weight is 408 g/mol. The van der Waals surface area contributed by atoms with Gasteiger partial charge in [0.05, 0.1) is 24.6 Å². The summed E-state index contributed by atoms with van der Waals surface area (Å²) in [5.41, 5.74) is 0.908. The number of amides is 2. The average Bonchev–Trinajstić information content (AvgIpc) is 3.23. The number of benzene rings is 2. The highest BCUT2D eigenvalue weighted by Gasteiger charge is 2.68. The molecule has 2 amide bonds. The van der Waals surface area contributed by atoms with E-state index in [1.165, 1.54) is 24.1 Å². The summed E-state index contributed by atoms with van der Waals surface area (Å²) < 4.78 is 5.06. The van der Waals surface area contributed by atoms with E-state index < -0.39 is 35.3 Å². The van der Waals surface area contributed by atoms with Gasteiger partial charge in [0.2, 0.25) is 11.8 Å². The topological polar surface area (TPSA) is 95.9 Å². The van der Waals surface area contributed by atoms with Crippen molar-refractivity contribution in [3.05, 3.63) is 59.7 Å². The molecule has 0 saturated carbocycles. The number of anilines is 1. The minimum atomic E-state index is -1.31. The lowest BCUT2D eigenvalue weighted by molar-refractivity contribution is -0.152. The largest absolute Gasteiger partial charge is 0.508 e. The number of nitrogens with one attached hydrogen (secondary N) is 1. The second kappa shape index (κ2) is 7.25. The number of nitrogens with zero attached hydrogens (tertiary/aromatic N) is 1. The molecule has 2 aliphatic heterocycles. The van der Waals surface area contributed by atoms with Crippen LogP contribution in [0.2, 0.25) is 0 Å². The first-order valence-corrected chi connectivity index (χ1v) is 9.93. The molecule has 30 heavy (non-hydrogen) atoms. The summed E-state index contributed by atoms with van der Waals surface area (Å²) >= 11 is 0. The number of fused-ring (bicyclic) bond motifs is 1. The Kier molecular flexibility index (Phi) is 4.86. The molecule has 156 valence electrons. The van der Waals surface area contributed by atoms with E-state index in [-0.39, 0.29) is 18.1 Å². The Hall–Kier alpha value is -3.19. The molecule has 0 bridgehead atoms. The maximum atomic E-state index is 13.5. The van der Waals surface area contributed by atoms with Gasteiger partial charge in [-0.05, 0) is 43.2 Å². The normalized spacial score (nSPS) is 28.0. The van der Waals surface area contributed by atoms with E-state index >= 15 is 0 Å². The number of aromatic hydroxyl groups is 1. The highest BCUT2D eigenvalue weighted by molar-refractivity contribution is 6.24. The third-order valence-electron chi connectivity index (χ3n) is 6.31. The molecule has 0 unspecified atom stereocenters. The molecule has 4 rings (SSSR count). The minimum Gasteiger partial charge on any atom is -0.508 e. The Morgan fingerprint density at radius 1 is 1.10 bits per heavy atom. The van der Waals surface area contributed by atoms with Crippen LogP contribution in [0.3, 0.4) is 0 Å². The highest BCUT2D eigenvalue weighted by atomic mass is 16.5. The number of hydrogen-bond donors (Lipinski definition) is 2. The van der Waals surface area contributed by atoms with Crippen molar-refractivity contribution < 1.29 is 24.2 Å². The molecular weight excluding hydrogens is 384 g/mol. The number of ether oxygens (including phenoxy) is 1. The van der Waals surface area contributed by atoms with Crippen molar-refractivity contribution in [1.82, 2.24) is 5.32 Å². The predicted molar refractivity (Wildman–Crippen MR) is 110 cm³/mol. The van der Waals surface area contributed by atoms with Crippen LogP contribution in [0.15, 0.2) is 48.5 Å². The molecule has 0 spiro atoms. The van der Waals surface area contributed by atoms with E-state index in [0.717, 1.165) is 5.56 Å². The molecule has 2 fully saturated rings. The Labute approximate surface area is 174 Å². The van der Waals surface area contributed by atoms with Gasteiger partial charge >= 0.3 is 5.97 Å². The van der Waals surface area contributed by atoms with Crippen LogP contribution >= 0.6 is 0 Å². The summed E-state index contributed by atoms with van der Waals surface area (Å²) in [6.07, 6.45) is 0.288. The van der Waals surface area contributed by atoms with Gasteiger partial charge in [-0.2, -0.15) is 0 Å². The van der Waals surface area contributed by atoms with E-state index in [0.29, 0.717) is 11.3 Å². The van der Waals surface area contributed by atoms with Gasteiger partial charge in [-0.3, -0.25) is 19.7 Å². The Bertz CT molecular complexity index is 1000. The third kappa shape index (κ3) is 2.81. The number of phenols is 1. The van der Waals surface area contributed by atoms with Gasteiger partial charge in [0, 0.05) is 6.04 Å². The van der Waals surface area contributed by atoms with E-state index in [1.54, 1.807) is 31.2 Å². The number of hydrogen-bond acceptors (Lipinski definition) is 6. The van der Waals surface area contributed by atoms with Crippen LogP contribution in [-0.2, 0) is 19.1 Å². The van der Waals surface area contributed by atoms with Crippen molar-refractivity contribution in [3.63, 3.8) is 0 Å². The Morgan fingerprint density at radius 3 is 2.30 bits per heavy atom. The zero-order valence-corrected chi connectivity index (χ0v) is 17.1. The highest BCUT2D eigenvalue weighted by Crippen LogP contribution is 2.51. The molecule has 0 radical (unpaired) electrons. The van der Waals surface area contributed by atoms with Crippen molar-refractivity contribution in [2.75, 3.05) is 12.0 Å². The number of carbonyl (C=O) groups is 3. The van der Waals surface area contributed by atoms with Crippen molar-refractivity contribution in [3.8, 4) is 5.75 Å². The van der Waals surface area contributed by atoms with Gasteiger partial charge in [0.25, 0.3) is 0 Å². The van der Waals surface area contributed by atoms with Gasteiger partial charge in [-0.25, -0.2) is 4.90 Å². The van der Waals surface area contributed by atoms with E-state index in [9.17, 15) is 19.5 Å². The molecule has 7 nitrogen and oxygen atoms in total. The van der Waals surface area contributed by atoms with Gasteiger partial charge in [-0.15, -0.1) is 0 Å². The molecule has 2 aromatic carbocycles. The van der Waals surface area contributed by atoms with Gasteiger partial charge in [0.1, 0.15) is 11.3 Å². The lowest BCUT2D eigenvalue weighted by atomic mass is 9.78. The first-order valence-electron chi connectivity index (χ1n) is 9.93. The quantitative estimate of drug-likeness (QED) is 0.596. The first kappa shape index (κ1) is 20.1. The fourth-order valence-electron chi connectivity index (χ4n) is 4.76. The van der Waals surface area contributed by atoms with E-state index in [4.69, 9.17) is 4.74 Å². The van der Waals surface area contributed by atoms with Crippen molar-refractivity contribution >= 4 is 23.5 Å². The summed E-state index contributed by atoms with van der Waals surface area (Å²) in [6, 6.07) is 13.0. The molecule has 4 atom stereocenters. The Morgan fingerprint density at radius 2 is 1.73 bits per heavy atom. The second-order valence-corrected chi connectivity index (χ2v) is 7.88. The number of imide groups is 1. The van der Waals surface area contributed by atoms with Crippen LogP contribution in [0, 0.1) is 18.8 Å². The molecular formula is C23H24N2O5. The van der Waals surface area contributed by atoms with Crippen molar-refractivity contribution in [2.45, 2.75) is 31.8 Å². The van der Waals surface area contributed by atoms with Crippen LogP contribution in [0.5, 0.6) is 5.75 Å². The third-order valence-corrected chi connectivity index (χ3v) is 6.31. The molecule has 2 saturated heterocycles. The summed E-state index contributed by atoms with van der Waals surface area (Å²) in [7, 11) is 1.28. The SMILES string of the molecule is CC[C@]1(C(=O)OC)N[C@H](c2ccc(O)cc2)[C@H]2C(=O)N(c3ccc(C)cc3)C(=O)[C@H]21. The summed E-state index contributed by atoms with van der Waals surface area (Å²) in [5, 5.41) is 12.9. The fraction of sp³-hybridized carbons (Fsp3) is 0.348. The summed E-state index contributed by atoms with van der Waals surface area (Å²) in [4.78, 5) is 41.1. The summed E-state index contributed by atoms with van der Waals surface area (Å²) in [6.45, 7) is 3.72. The number of esters is 1. The minimum absolute atomic E-state index is 0.0955. The summed E-state index contributed by atoms with van der Waals surface area (Å²) in [5.74, 6) is -2.87. The van der Waals surface area contributed by atoms with Gasteiger partial charge in [0.15, 0.2) is 0 Å². The first-order chi connectivity index (χ1) is 14.3. The zero-order chi connectivity index (χ0) is 21.6. The number of methoxy groups -OCH3 is 1. The number of phenolic OH excluding ortho intramolecular Hbond substituents is 1. The second-order valence-electron chi connectivity index (χ2n) is 7.88. The molecule has 2 aliphatic rings. The number of carbonyl (C=O) groups excluding carboxylic acids is 3. The van der Waals surface area contributed by atoms with Gasteiger partial charge in [-0.1, -0.05) is 36.8 Å². The van der Waals surface area contributed by atoms with Crippen LogP contribution in [-0.4, -0.2) is 35.5 Å². The molecule has 2 aromatic rings. The van der Waals surface area contributed by atoms with Crippen LogP contribution in [0.25, 0.3) is 0 Å². The lowest BCUT2D eigenvalue weighted by Gasteiger charge is -2.31. The maximum absolute atomic E-state index is 13.5. The zero-order valence-electron chi connectivity index (χ0n) is 17.1. The number of aryl methyl sites for hydroxylation is 1. The van der Waals surface area contributed by atoms with Crippen molar-refractivity contribution in [2.24, 2.45) is 11.8 Å². The van der Waals surface area contributed by atoms with Gasteiger partial charge < -0.3 is 9.84 Å². The van der Waals surface area contributed by atoms with Crippen LogP contribution in [0.4, 0.5) is 5.69 Å². The monoisotopic (exact) mass is 408 g/mol. The number of rotatable bonds is 4. The standard InChI is InChI=1S/C23H24N2O5/c1-4-23(22(29)30-3)18-17(19(24-23)14-7-11-16(26)12-8-14)20(27)25(21(18)28)15-9-5-13(2)6-10-15/h5-12,17-19,24,26H,4H2,1-3H3/t17-,18-,19+,23-/m0/s1. The predicted octanol–water partition coefficient (Wildman–Crippen LogP) is 2.47. The van der Waals surface area contributed by atoms with Crippen LogP contribution < -0.4 is 10.2 Å². The maximum Gasteiger partial charge on any atom is 0.326 e. The molecule has 0 aromatic heterocycles.